The molecule has 0 aliphatic heterocycles. The molecule has 0 saturated carbocycles. The fraction of sp³-hybridized carbons (Fsp3) is 0.143. The van der Waals surface area contributed by atoms with Crippen LogP contribution in [0, 0.1) is 0 Å². The molecule has 3 aromatic carbocycles. The third-order valence-corrected chi connectivity index (χ3v) is 4.32. The van der Waals surface area contributed by atoms with E-state index in [2.05, 4.69) is 0 Å². The van der Waals surface area contributed by atoms with Crippen molar-refractivity contribution in [1.29, 1.82) is 0 Å². The van der Waals surface area contributed by atoms with E-state index < -0.39 is 0 Å². The second kappa shape index (κ2) is 7.37. The van der Waals surface area contributed by atoms with Crippen molar-refractivity contribution in [2.75, 3.05) is 21.3 Å². The first kappa shape index (κ1) is 18.3. The summed E-state index contributed by atoms with van der Waals surface area (Å²) in [6, 6.07) is 13.3. The lowest BCUT2D eigenvalue weighted by Gasteiger charge is -2.15. The van der Waals surface area contributed by atoms with E-state index in [9.17, 15) is 15.3 Å². The molecule has 0 bridgehead atoms. The molecule has 6 heteroatoms. The average Bonchev–Trinajstić information content (AvgIpc) is 2.69. The van der Waals surface area contributed by atoms with Gasteiger partial charge in [-0.1, -0.05) is 18.2 Å². The summed E-state index contributed by atoms with van der Waals surface area (Å²) in [5, 5.41) is 30.9. The quantitative estimate of drug-likeness (QED) is 0.627. The van der Waals surface area contributed by atoms with Gasteiger partial charge in [-0.2, -0.15) is 0 Å². The predicted octanol–water partition coefficient (Wildman–Crippen LogP) is 4.16. The summed E-state index contributed by atoms with van der Waals surface area (Å²) in [4.78, 5) is 0. The van der Waals surface area contributed by atoms with Crippen LogP contribution in [-0.4, -0.2) is 36.6 Å². The van der Waals surface area contributed by atoms with Crippen LogP contribution in [0.3, 0.4) is 0 Å². The number of phenolic OH excluding ortho intramolecular Hbond substituents is 3. The molecule has 3 aromatic rings. The summed E-state index contributed by atoms with van der Waals surface area (Å²) < 4.78 is 15.6. The van der Waals surface area contributed by atoms with Crippen molar-refractivity contribution in [2.24, 2.45) is 0 Å². The Labute approximate surface area is 156 Å². The minimum Gasteiger partial charge on any atom is -0.504 e. The van der Waals surface area contributed by atoms with Crippen LogP contribution in [0.4, 0.5) is 0 Å². The van der Waals surface area contributed by atoms with E-state index >= 15 is 0 Å². The highest BCUT2D eigenvalue weighted by Crippen LogP contribution is 2.46. The summed E-state index contributed by atoms with van der Waals surface area (Å²) in [5.41, 5.74) is 2.23. The maximum absolute atomic E-state index is 10.6. The van der Waals surface area contributed by atoms with Crippen molar-refractivity contribution in [1.82, 2.24) is 0 Å². The van der Waals surface area contributed by atoms with Crippen LogP contribution in [0.5, 0.6) is 34.5 Å². The normalized spacial score (nSPS) is 10.5. The van der Waals surface area contributed by atoms with Gasteiger partial charge < -0.3 is 29.5 Å². The molecule has 0 aliphatic carbocycles. The standard InChI is InChI=1S/C21H20O6/c1-25-17-6-4-5-14(20(17)23)15-9-13(11-19(27-3)21(15)24)12-7-8-16(22)18(10-12)26-2/h4-11,22-24H,1-3H3. The zero-order valence-electron chi connectivity index (χ0n) is 15.2. The van der Waals surface area contributed by atoms with Gasteiger partial charge in [0.1, 0.15) is 0 Å². The van der Waals surface area contributed by atoms with Gasteiger partial charge in [-0.15, -0.1) is 0 Å². The minimum atomic E-state index is -0.101. The van der Waals surface area contributed by atoms with Gasteiger partial charge >= 0.3 is 0 Å². The highest BCUT2D eigenvalue weighted by molar-refractivity contribution is 5.85. The minimum absolute atomic E-state index is 0.0256. The Kier molecular flexibility index (Phi) is 4.98. The largest absolute Gasteiger partial charge is 0.504 e. The van der Waals surface area contributed by atoms with Gasteiger partial charge in [-0.05, 0) is 41.5 Å². The van der Waals surface area contributed by atoms with E-state index in [0.29, 0.717) is 28.2 Å². The number of rotatable bonds is 5. The Morgan fingerprint density at radius 3 is 1.89 bits per heavy atom. The molecule has 27 heavy (non-hydrogen) atoms. The van der Waals surface area contributed by atoms with Crippen molar-refractivity contribution >= 4 is 0 Å². The third-order valence-electron chi connectivity index (χ3n) is 4.32. The summed E-state index contributed by atoms with van der Waals surface area (Å²) >= 11 is 0. The fourth-order valence-electron chi connectivity index (χ4n) is 2.90. The highest BCUT2D eigenvalue weighted by atomic mass is 16.5. The molecule has 0 radical (unpaired) electrons. The molecule has 0 saturated heterocycles. The Bertz CT molecular complexity index is 981. The van der Waals surface area contributed by atoms with Crippen LogP contribution in [0.2, 0.25) is 0 Å². The molecule has 6 nitrogen and oxygen atoms in total. The SMILES string of the molecule is COc1cc(-c2cc(OC)c(O)c(-c3cccc(OC)c3O)c2)ccc1O. The van der Waals surface area contributed by atoms with E-state index in [0.717, 1.165) is 5.56 Å². The van der Waals surface area contributed by atoms with E-state index in [4.69, 9.17) is 14.2 Å². The molecule has 0 fully saturated rings. The molecule has 0 atom stereocenters. The predicted molar refractivity (Wildman–Crippen MR) is 102 cm³/mol. The van der Waals surface area contributed by atoms with Crippen LogP contribution in [0.25, 0.3) is 22.3 Å². The van der Waals surface area contributed by atoms with Crippen molar-refractivity contribution in [2.45, 2.75) is 0 Å². The first-order valence-electron chi connectivity index (χ1n) is 8.14. The smallest absolute Gasteiger partial charge is 0.165 e. The monoisotopic (exact) mass is 368 g/mol. The topological polar surface area (TPSA) is 88.4 Å². The van der Waals surface area contributed by atoms with Crippen molar-refractivity contribution in [3.05, 3.63) is 48.5 Å². The van der Waals surface area contributed by atoms with Crippen molar-refractivity contribution < 1.29 is 29.5 Å². The second-order valence-corrected chi connectivity index (χ2v) is 5.82. The molecule has 0 amide bonds. The van der Waals surface area contributed by atoms with E-state index in [-0.39, 0.29) is 23.0 Å². The lowest BCUT2D eigenvalue weighted by molar-refractivity contribution is 0.371. The zero-order valence-corrected chi connectivity index (χ0v) is 15.2. The Morgan fingerprint density at radius 1 is 0.593 bits per heavy atom. The average molecular weight is 368 g/mol. The molecule has 3 N–H and O–H groups in total. The molecule has 0 heterocycles. The van der Waals surface area contributed by atoms with E-state index in [1.54, 1.807) is 42.5 Å². The summed E-state index contributed by atoms with van der Waals surface area (Å²) in [6.45, 7) is 0. The Hall–Kier alpha value is -3.54. The van der Waals surface area contributed by atoms with Crippen LogP contribution in [0.15, 0.2) is 48.5 Å². The summed E-state index contributed by atoms with van der Waals surface area (Å²) in [5.74, 6) is 0.704. The number of hydrogen-bond donors (Lipinski definition) is 3. The second-order valence-electron chi connectivity index (χ2n) is 5.82. The number of ether oxygens (including phenoxy) is 3. The molecule has 0 aromatic heterocycles. The molecular formula is C21H20O6. The van der Waals surface area contributed by atoms with Gasteiger partial charge in [0.25, 0.3) is 0 Å². The number of benzene rings is 3. The number of phenols is 3. The first-order chi connectivity index (χ1) is 13.0. The molecule has 0 spiro atoms. The number of hydrogen-bond acceptors (Lipinski definition) is 6. The highest BCUT2D eigenvalue weighted by Gasteiger charge is 2.18. The molecule has 0 unspecified atom stereocenters. The van der Waals surface area contributed by atoms with Crippen LogP contribution < -0.4 is 14.2 Å². The van der Waals surface area contributed by atoms with Crippen molar-refractivity contribution in [3.63, 3.8) is 0 Å². The van der Waals surface area contributed by atoms with Crippen LogP contribution in [0.1, 0.15) is 0 Å². The van der Waals surface area contributed by atoms with Gasteiger partial charge in [0.2, 0.25) is 0 Å². The zero-order chi connectivity index (χ0) is 19.6. The van der Waals surface area contributed by atoms with Crippen LogP contribution >= 0.6 is 0 Å². The molecule has 0 aliphatic rings. The summed E-state index contributed by atoms with van der Waals surface area (Å²) in [7, 11) is 4.37. The maximum Gasteiger partial charge on any atom is 0.165 e. The summed E-state index contributed by atoms with van der Waals surface area (Å²) in [6.07, 6.45) is 0. The first-order valence-corrected chi connectivity index (χ1v) is 8.14. The number of methoxy groups -OCH3 is 3. The number of para-hydroxylation sites is 1. The fourth-order valence-corrected chi connectivity index (χ4v) is 2.90. The Morgan fingerprint density at radius 2 is 1.22 bits per heavy atom. The number of aromatic hydroxyl groups is 3. The van der Waals surface area contributed by atoms with E-state index in [1.807, 2.05) is 0 Å². The molecular weight excluding hydrogens is 348 g/mol. The lowest BCUT2D eigenvalue weighted by Crippen LogP contribution is -1.92. The van der Waals surface area contributed by atoms with Gasteiger partial charge in [0, 0.05) is 11.1 Å². The van der Waals surface area contributed by atoms with E-state index in [1.165, 1.54) is 27.4 Å². The van der Waals surface area contributed by atoms with Gasteiger partial charge in [-0.3, -0.25) is 0 Å². The maximum atomic E-state index is 10.6. The Balaban J connectivity index is 2.24. The molecule has 140 valence electrons. The van der Waals surface area contributed by atoms with Gasteiger partial charge in [0.05, 0.1) is 21.3 Å². The van der Waals surface area contributed by atoms with Crippen molar-refractivity contribution in [3.8, 4) is 56.8 Å². The molecule has 3 rings (SSSR count). The van der Waals surface area contributed by atoms with Crippen LogP contribution in [-0.2, 0) is 0 Å². The van der Waals surface area contributed by atoms with Gasteiger partial charge in [-0.25, -0.2) is 0 Å². The van der Waals surface area contributed by atoms with Gasteiger partial charge in [0.15, 0.2) is 34.5 Å². The lowest BCUT2D eigenvalue weighted by atomic mass is 9.96. The third kappa shape index (κ3) is 3.29.